The Bertz CT molecular complexity index is 346. The van der Waals surface area contributed by atoms with Crippen molar-refractivity contribution < 1.29 is 18.9 Å². The van der Waals surface area contributed by atoms with E-state index >= 15 is 0 Å². The molecule has 0 spiro atoms. The third kappa shape index (κ3) is 1.38. The molecule has 11 heavy (non-hydrogen) atoms. The number of rotatable bonds is 0. The average Bonchev–Trinajstić information content (AvgIpc) is 2.36. The van der Waals surface area contributed by atoms with E-state index in [1.165, 1.54) is 16.3 Å². The Labute approximate surface area is 78.8 Å². The zero-order valence-electron chi connectivity index (χ0n) is 6.96. The van der Waals surface area contributed by atoms with E-state index < -0.39 is 0 Å². The predicted octanol–water partition coefficient (Wildman–Crippen LogP) is -0.129. The first-order valence-electron chi connectivity index (χ1n) is 3.49. The Kier molecular flexibility index (Phi) is 2.49. The SMILES string of the molecule is Cc1cccc2[cH-]ccc12.[Li+]. The van der Waals surface area contributed by atoms with Gasteiger partial charge in [0.1, 0.15) is 0 Å². The molecule has 0 bridgehead atoms. The van der Waals surface area contributed by atoms with Crippen LogP contribution in [0, 0.1) is 6.92 Å². The van der Waals surface area contributed by atoms with Crippen molar-refractivity contribution >= 4 is 10.8 Å². The maximum absolute atomic E-state index is 2.16. The van der Waals surface area contributed by atoms with Crippen molar-refractivity contribution in [3.63, 3.8) is 0 Å². The number of fused-ring (bicyclic) bond motifs is 1. The van der Waals surface area contributed by atoms with Crippen LogP contribution in [0.4, 0.5) is 0 Å². The molecule has 0 saturated heterocycles. The first kappa shape index (κ1) is 8.52. The van der Waals surface area contributed by atoms with Gasteiger partial charge in [-0.05, 0) is 6.92 Å². The van der Waals surface area contributed by atoms with Gasteiger partial charge in [0.25, 0.3) is 0 Å². The minimum atomic E-state index is 0. The van der Waals surface area contributed by atoms with Gasteiger partial charge in [-0.15, -0.1) is 29.0 Å². The van der Waals surface area contributed by atoms with Crippen LogP contribution in [-0.2, 0) is 0 Å². The molecule has 2 rings (SSSR count). The van der Waals surface area contributed by atoms with Crippen molar-refractivity contribution in [3.05, 3.63) is 42.0 Å². The van der Waals surface area contributed by atoms with E-state index in [-0.39, 0.29) is 18.9 Å². The Hall–Kier alpha value is -0.573. The van der Waals surface area contributed by atoms with Crippen molar-refractivity contribution in [2.75, 3.05) is 0 Å². The second-order valence-electron chi connectivity index (χ2n) is 2.60. The molecule has 2 aromatic rings. The van der Waals surface area contributed by atoms with Gasteiger partial charge >= 0.3 is 18.9 Å². The molecular formula is C10H9Li. The summed E-state index contributed by atoms with van der Waals surface area (Å²) in [6.07, 6.45) is 0. The van der Waals surface area contributed by atoms with Crippen LogP contribution in [0.25, 0.3) is 10.8 Å². The van der Waals surface area contributed by atoms with Crippen LogP contribution in [0.15, 0.2) is 36.4 Å². The molecular weight excluding hydrogens is 127 g/mol. The first-order chi connectivity index (χ1) is 4.88. The normalized spacial score (nSPS) is 9.55. The molecule has 0 aliphatic heterocycles. The largest absolute Gasteiger partial charge is 1.00 e. The van der Waals surface area contributed by atoms with Gasteiger partial charge in [0.2, 0.25) is 0 Å². The summed E-state index contributed by atoms with van der Waals surface area (Å²) in [6, 6.07) is 12.8. The fourth-order valence-corrected chi connectivity index (χ4v) is 1.32. The van der Waals surface area contributed by atoms with Gasteiger partial charge < -0.3 is 0 Å². The van der Waals surface area contributed by atoms with E-state index in [4.69, 9.17) is 0 Å². The quantitative estimate of drug-likeness (QED) is 0.349. The number of hydrogen-bond acceptors (Lipinski definition) is 0. The van der Waals surface area contributed by atoms with Crippen LogP contribution >= 0.6 is 0 Å². The van der Waals surface area contributed by atoms with Gasteiger partial charge in [-0.25, -0.2) is 0 Å². The molecule has 0 saturated carbocycles. The Morgan fingerprint density at radius 1 is 1.18 bits per heavy atom. The summed E-state index contributed by atoms with van der Waals surface area (Å²) >= 11 is 0. The Morgan fingerprint density at radius 2 is 2.00 bits per heavy atom. The molecule has 50 valence electrons. The van der Waals surface area contributed by atoms with Gasteiger partial charge in [-0.1, -0.05) is 11.6 Å². The van der Waals surface area contributed by atoms with Gasteiger partial charge in [0, 0.05) is 0 Å². The molecule has 0 radical (unpaired) electrons. The van der Waals surface area contributed by atoms with Crippen molar-refractivity contribution in [2.45, 2.75) is 6.92 Å². The van der Waals surface area contributed by atoms with E-state index in [1.54, 1.807) is 0 Å². The molecule has 0 atom stereocenters. The summed E-state index contributed by atoms with van der Waals surface area (Å²) in [4.78, 5) is 0. The van der Waals surface area contributed by atoms with Gasteiger partial charge in [-0.2, -0.15) is 12.1 Å². The van der Waals surface area contributed by atoms with Crippen molar-refractivity contribution in [2.24, 2.45) is 0 Å². The molecule has 0 aliphatic carbocycles. The van der Waals surface area contributed by atoms with Crippen LogP contribution < -0.4 is 18.9 Å². The second-order valence-corrected chi connectivity index (χ2v) is 2.60. The van der Waals surface area contributed by atoms with Crippen molar-refractivity contribution in [1.29, 1.82) is 0 Å². The van der Waals surface area contributed by atoms with E-state index in [0.717, 1.165) is 0 Å². The van der Waals surface area contributed by atoms with Crippen molar-refractivity contribution in [1.82, 2.24) is 0 Å². The molecule has 0 N–H and O–H groups in total. The monoisotopic (exact) mass is 136 g/mol. The number of hydrogen-bond donors (Lipinski definition) is 0. The molecule has 0 aromatic heterocycles. The molecule has 1 heteroatoms. The summed E-state index contributed by atoms with van der Waals surface area (Å²) in [5.41, 5.74) is 1.36. The Morgan fingerprint density at radius 3 is 2.73 bits per heavy atom. The smallest absolute Gasteiger partial charge is 0.168 e. The molecule has 2 aromatic carbocycles. The summed E-state index contributed by atoms with van der Waals surface area (Å²) in [6.45, 7) is 2.14. The molecule has 0 heterocycles. The molecule has 0 unspecified atom stereocenters. The summed E-state index contributed by atoms with van der Waals surface area (Å²) < 4.78 is 0. The number of benzene rings is 1. The molecule has 0 fully saturated rings. The molecule has 0 aliphatic rings. The van der Waals surface area contributed by atoms with E-state index in [0.29, 0.717) is 0 Å². The van der Waals surface area contributed by atoms with Gasteiger partial charge in [0.05, 0.1) is 0 Å². The summed E-state index contributed by atoms with van der Waals surface area (Å²) in [7, 11) is 0. The molecule has 0 nitrogen and oxygen atoms in total. The zero-order valence-corrected chi connectivity index (χ0v) is 6.96. The van der Waals surface area contributed by atoms with Gasteiger partial charge in [0.15, 0.2) is 0 Å². The van der Waals surface area contributed by atoms with E-state index in [2.05, 4.69) is 43.3 Å². The van der Waals surface area contributed by atoms with Crippen LogP contribution in [-0.4, -0.2) is 0 Å². The van der Waals surface area contributed by atoms with Crippen LogP contribution in [0.3, 0.4) is 0 Å². The van der Waals surface area contributed by atoms with E-state index in [1.807, 2.05) is 0 Å². The second kappa shape index (κ2) is 3.22. The van der Waals surface area contributed by atoms with E-state index in [9.17, 15) is 0 Å². The summed E-state index contributed by atoms with van der Waals surface area (Å²) in [5.74, 6) is 0. The zero-order chi connectivity index (χ0) is 6.97. The fourth-order valence-electron chi connectivity index (χ4n) is 1.32. The average molecular weight is 136 g/mol. The maximum Gasteiger partial charge on any atom is 1.00 e. The predicted molar refractivity (Wildman–Crippen MR) is 44.3 cm³/mol. The van der Waals surface area contributed by atoms with Crippen molar-refractivity contribution in [3.8, 4) is 0 Å². The molecule has 0 amide bonds. The topological polar surface area (TPSA) is 0 Å². The van der Waals surface area contributed by atoms with Crippen LogP contribution in [0.2, 0.25) is 0 Å². The minimum absolute atomic E-state index is 0. The maximum atomic E-state index is 2.16. The number of aryl methyl sites for hydroxylation is 1. The first-order valence-corrected chi connectivity index (χ1v) is 3.49. The summed E-state index contributed by atoms with van der Waals surface area (Å²) in [5, 5.41) is 2.72. The van der Waals surface area contributed by atoms with Crippen LogP contribution in [0.1, 0.15) is 5.56 Å². The fraction of sp³-hybridized carbons (Fsp3) is 0.100. The Balaban J connectivity index is 0.000000605. The van der Waals surface area contributed by atoms with Gasteiger partial charge in [-0.3, -0.25) is 0 Å². The standard InChI is InChI=1S/C10H9.Li/c1-8-4-2-5-9-6-3-7-10(8)9;/h2-7H,1H3;/q-1;+1. The minimum Gasteiger partial charge on any atom is -0.168 e. The van der Waals surface area contributed by atoms with Crippen LogP contribution in [0.5, 0.6) is 0 Å². The third-order valence-electron chi connectivity index (χ3n) is 1.90. The third-order valence-corrected chi connectivity index (χ3v) is 1.90.